The van der Waals surface area contributed by atoms with Crippen LogP contribution in [0.2, 0.25) is 0 Å². The maximum Gasteiger partial charge on any atom is 0.472 e. The fourth-order valence-corrected chi connectivity index (χ4v) is 12.1. The van der Waals surface area contributed by atoms with Gasteiger partial charge in [-0.15, -0.1) is 0 Å². The van der Waals surface area contributed by atoms with Gasteiger partial charge in [-0.3, -0.25) is 37.3 Å². The Balaban J connectivity index is 5.44. The summed E-state index contributed by atoms with van der Waals surface area (Å²) in [6, 6.07) is 0. The maximum atomic E-state index is 13.1. The largest absolute Gasteiger partial charge is 0.472 e. The van der Waals surface area contributed by atoms with Crippen LogP contribution in [0.4, 0.5) is 0 Å². The molecule has 0 saturated heterocycles. The van der Waals surface area contributed by atoms with Crippen LogP contribution in [0.1, 0.15) is 323 Å². The first-order chi connectivity index (χ1) is 51.7. The lowest BCUT2D eigenvalue weighted by atomic mass is 10.1. The number of unbranched alkanes of at least 4 members (excludes halogenated alkanes) is 26. The Morgan fingerprint density at radius 2 is 0.491 bits per heavy atom. The first kappa shape index (κ1) is 101. The van der Waals surface area contributed by atoms with E-state index in [-0.39, 0.29) is 25.7 Å². The summed E-state index contributed by atoms with van der Waals surface area (Å²) in [5, 5.41) is 10.7. The smallest absolute Gasteiger partial charge is 0.462 e. The lowest BCUT2D eigenvalue weighted by molar-refractivity contribution is -0.161. The quantitative estimate of drug-likeness (QED) is 0.0169. The number of rotatable bonds is 76. The third-order valence-corrected chi connectivity index (χ3v) is 18.7. The number of aliphatic hydroxyl groups excluding tert-OH is 1. The highest BCUT2D eigenvalue weighted by molar-refractivity contribution is 7.47. The van der Waals surface area contributed by atoms with Gasteiger partial charge in [0.25, 0.3) is 0 Å². The molecule has 5 atom stereocenters. The molecule has 19 heteroatoms. The SMILES string of the molecule is CC/C=C\C/C=C\C/C=C\C/C=C\C/C=C\CCCCCC(=O)OC[C@H](COP(=O)(O)OC[C@@H](O)COP(=O)(O)OC[C@@H](COC(=O)CCCCCCC/C=C\CCCCCC)OC(=O)CCCCC/C=C\C/C=C\C/C=C\C/C=C\C/C=C\CC)OC(=O)CCCCCCCCC/C=C\CCCCCC. The summed E-state index contributed by atoms with van der Waals surface area (Å²) in [5.41, 5.74) is 0. The number of ether oxygens (including phenoxy) is 4. The molecule has 0 spiro atoms. The summed E-state index contributed by atoms with van der Waals surface area (Å²) >= 11 is 0. The van der Waals surface area contributed by atoms with E-state index in [0.717, 1.165) is 193 Å². The molecule has 0 aliphatic rings. The summed E-state index contributed by atoms with van der Waals surface area (Å²) < 4.78 is 68.6. The Morgan fingerprint density at radius 1 is 0.274 bits per heavy atom. The fraction of sp³-hybridized carbons (Fsp3) is 0.678. The highest BCUT2D eigenvalue weighted by atomic mass is 31.2. The molecule has 106 heavy (non-hydrogen) atoms. The summed E-state index contributed by atoms with van der Waals surface area (Å²) in [5.74, 6) is -2.26. The number of carbonyl (C=O) groups is 4. The normalized spacial score (nSPS) is 14.6. The van der Waals surface area contributed by atoms with E-state index in [1.165, 1.54) is 51.4 Å². The third-order valence-electron chi connectivity index (χ3n) is 16.8. The van der Waals surface area contributed by atoms with Crippen molar-refractivity contribution < 1.29 is 80.2 Å². The first-order valence-electron chi connectivity index (χ1n) is 41.1. The number of carbonyl (C=O) groups excluding carboxylic acids is 4. The molecular weight excluding hydrogens is 1380 g/mol. The number of esters is 4. The maximum absolute atomic E-state index is 13.1. The molecular formula is C87H146O17P2. The van der Waals surface area contributed by atoms with Gasteiger partial charge >= 0.3 is 39.5 Å². The van der Waals surface area contributed by atoms with Crippen LogP contribution >= 0.6 is 15.6 Å². The van der Waals surface area contributed by atoms with Gasteiger partial charge in [-0.1, -0.05) is 276 Å². The van der Waals surface area contributed by atoms with Crippen LogP contribution in [0.15, 0.2) is 146 Å². The highest BCUT2D eigenvalue weighted by Crippen LogP contribution is 2.45. The first-order valence-corrected chi connectivity index (χ1v) is 44.1. The Labute approximate surface area is 643 Å². The minimum Gasteiger partial charge on any atom is -0.462 e. The molecule has 0 aromatic carbocycles. The molecule has 0 rings (SSSR count). The van der Waals surface area contributed by atoms with E-state index in [4.69, 9.17) is 37.0 Å². The predicted molar refractivity (Wildman–Crippen MR) is 436 cm³/mol. The van der Waals surface area contributed by atoms with Crippen LogP contribution in [-0.4, -0.2) is 96.7 Å². The van der Waals surface area contributed by atoms with Crippen molar-refractivity contribution in [2.75, 3.05) is 39.6 Å². The second kappa shape index (κ2) is 78.1. The summed E-state index contributed by atoms with van der Waals surface area (Å²) in [4.78, 5) is 73.1. The number of hydrogen-bond donors (Lipinski definition) is 3. The molecule has 3 N–H and O–H groups in total. The number of aliphatic hydroxyl groups is 1. The molecule has 0 aromatic heterocycles. The van der Waals surface area contributed by atoms with Gasteiger partial charge < -0.3 is 33.8 Å². The number of phosphoric ester groups is 2. The second-order valence-electron chi connectivity index (χ2n) is 26.9. The molecule has 0 aromatic rings. The van der Waals surface area contributed by atoms with Gasteiger partial charge in [0, 0.05) is 25.7 Å². The summed E-state index contributed by atoms with van der Waals surface area (Å²) in [6.07, 6.45) is 89.6. The topological polar surface area (TPSA) is 237 Å². The molecule has 17 nitrogen and oxygen atoms in total. The number of phosphoric acid groups is 2. The van der Waals surface area contributed by atoms with E-state index in [9.17, 15) is 43.2 Å². The molecule has 0 radical (unpaired) electrons. The average molecular weight is 1530 g/mol. The van der Waals surface area contributed by atoms with Gasteiger partial charge in [0.1, 0.15) is 19.3 Å². The summed E-state index contributed by atoms with van der Waals surface area (Å²) in [7, 11) is -9.99. The van der Waals surface area contributed by atoms with Gasteiger partial charge in [-0.2, -0.15) is 0 Å². The molecule has 0 heterocycles. The predicted octanol–water partition coefficient (Wildman–Crippen LogP) is 24.2. The van der Waals surface area contributed by atoms with E-state index < -0.39 is 97.5 Å². The van der Waals surface area contributed by atoms with Gasteiger partial charge in [-0.25, -0.2) is 9.13 Å². The fourth-order valence-electron chi connectivity index (χ4n) is 10.6. The molecule has 0 saturated carbocycles. The molecule has 2 unspecified atom stereocenters. The molecule has 606 valence electrons. The van der Waals surface area contributed by atoms with Gasteiger partial charge in [0.15, 0.2) is 12.2 Å². The van der Waals surface area contributed by atoms with Crippen molar-refractivity contribution in [2.45, 2.75) is 341 Å². The zero-order valence-corrected chi connectivity index (χ0v) is 68.1. The molecule has 0 bridgehead atoms. The van der Waals surface area contributed by atoms with Crippen molar-refractivity contribution in [3.63, 3.8) is 0 Å². The van der Waals surface area contributed by atoms with Crippen LogP contribution in [-0.2, 0) is 65.4 Å². The Hall–Kier alpha value is -5.06. The molecule has 0 fully saturated rings. The van der Waals surface area contributed by atoms with Crippen LogP contribution < -0.4 is 0 Å². The van der Waals surface area contributed by atoms with E-state index in [1.54, 1.807) is 0 Å². The minimum atomic E-state index is -5.00. The van der Waals surface area contributed by atoms with Crippen molar-refractivity contribution >= 4 is 39.5 Å². The van der Waals surface area contributed by atoms with Crippen molar-refractivity contribution in [3.05, 3.63) is 146 Å². The molecule has 0 amide bonds. The Bertz CT molecular complexity index is 2580. The van der Waals surface area contributed by atoms with Crippen LogP contribution in [0.5, 0.6) is 0 Å². The van der Waals surface area contributed by atoms with Crippen LogP contribution in [0.25, 0.3) is 0 Å². The Morgan fingerprint density at radius 3 is 0.774 bits per heavy atom. The Kier molecular flexibility index (Phi) is 74.3. The van der Waals surface area contributed by atoms with Crippen molar-refractivity contribution in [1.82, 2.24) is 0 Å². The van der Waals surface area contributed by atoms with Crippen LogP contribution in [0.3, 0.4) is 0 Å². The second-order valence-corrected chi connectivity index (χ2v) is 29.8. The van der Waals surface area contributed by atoms with Gasteiger partial charge in [0.2, 0.25) is 0 Å². The van der Waals surface area contributed by atoms with E-state index in [2.05, 4.69) is 174 Å². The van der Waals surface area contributed by atoms with Crippen molar-refractivity contribution in [3.8, 4) is 0 Å². The van der Waals surface area contributed by atoms with Crippen molar-refractivity contribution in [1.29, 1.82) is 0 Å². The molecule has 0 aliphatic heterocycles. The lowest BCUT2D eigenvalue weighted by Crippen LogP contribution is -2.30. The van der Waals surface area contributed by atoms with Crippen molar-refractivity contribution in [2.24, 2.45) is 0 Å². The zero-order chi connectivity index (χ0) is 77.4. The summed E-state index contributed by atoms with van der Waals surface area (Å²) in [6.45, 7) is 4.55. The zero-order valence-electron chi connectivity index (χ0n) is 66.3. The monoisotopic (exact) mass is 1530 g/mol. The molecule has 0 aliphatic carbocycles. The van der Waals surface area contributed by atoms with E-state index in [0.29, 0.717) is 25.7 Å². The number of hydrogen-bond acceptors (Lipinski definition) is 15. The van der Waals surface area contributed by atoms with E-state index >= 15 is 0 Å². The standard InChI is InChI=1S/C87H146O17P2/c1-5-9-13-17-21-25-29-33-36-38-40-42-45-48-52-56-60-64-68-72-85(90)98-78-83(103-86(91)73-69-65-61-57-53-49-44-35-31-27-23-19-15-11-7-3)80-102-106(95,96)100-76-81(88)75-99-105(93,94)101-79-82(77-97-84(89)71-67-63-59-55-51-47-32-28-24-20-16-12-8-4)104-87(92)74-70-66-62-58-54-50-46-43-41-39-37-34-30-26-22-18-14-10-6-2/h9-10,13-14,21-22,25-28,31-34,36-37,40-43,48,50,52,54,81-83,88H,5-8,11-12,15-20,23-24,29-30,35,38-39,44-47,49,51,53,55-80H2,1-4H3,(H,93,94)(H,95,96)/b13-9-,14-10-,25-21-,26-22-,31-27-,32-28-,36-33-,37-34-,42-40-,43-41-,52-48-,54-50-/t81-,82+,83+/m0/s1. The number of allylic oxidation sites excluding steroid dienone is 24. The van der Waals surface area contributed by atoms with E-state index in [1.807, 2.05) is 0 Å². The lowest BCUT2D eigenvalue weighted by Gasteiger charge is -2.21. The average Bonchev–Trinajstić information content (AvgIpc) is 0.902. The third kappa shape index (κ3) is 77.1. The highest BCUT2D eigenvalue weighted by Gasteiger charge is 2.30. The van der Waals surface area contributed by atoms with Gasteiger partial charge in [0.05, 0.1) is 26.4 Å². The van der Waals surface area contributed by atoms with Gasteiger partial charge in [-0.05, 0) is 167 Å². The minimum absolute atomic E-state index is 0.0503. The van der Waals surface area contributed by atoms with Crippen LogP contribution in [0, 0.1) is 0 Å².